The summed E-state index contributed by atoms with van der Waals surface area (Å²) >= 11 is 6.38. The molecule has 4 aromatic carbocycles. The number of halogens is 1. The first-order valence-corrected chi connectivity index (χ1v) is 18.2. The number of amides is 3. The van der Waals surface area contributed by atoms with Crippen LogP contribution < -0.4 is 34.9 Å². The Kier molecular flexibility index (Phi) is 14.4. The van der Waals surface area contributed by atoms with Crippen molar-refractivity contribution in [3.8, 4) is 17.2 Å². The zero-order chi connectivity index (χ0) is 38.7. The van der Waals surface area contributed by atoms with Gasteiger partial charge >= 0.3 is 0 Å². The van der Waals surface area contributed by atoms with Crippen LogP contribution in [0.5, 0.6) is 17.2 Å². The molecule has 0 bridgehead atoms. The molecule has 0 radical (unpaired) electrons. The first-order valence-electron chi connectivity index (χ1n) is 16.6. The van der Waals surface area contributed by atoms with E-state index in [1.165, 1.54) is 55.6 Å². The lowest BCUT2D eigenvalue weighted by Crippen LogP contribution is -2.40. The van der Waals surface area contributed by atoms with E-state index in [-0.39, 0.29) is 39.0 Å². The highest BCUT2D eigenvalue weighted by atomic mass is 35.5. The van der Waals surface area contributed by atoms with Crippen LogP contribution >= 0.6 is 11.6 Å². The molecular formula is C38H41ClN4O9S. The molecule has 0 saturated carbocycles. The van der Waals surface area contributed by atoms with E-state index >= 15 is 0 Å². The second-order valence-corrected chi connectivity index (χ2v) is 13.3. The predicted molar refractivity (Wildman–Crippen MR) is 204 cm³/mol. The smallest absolute Gasteiger partial charge is 0.273 e. The van der Waals surface area contributed by atoms with Crippen molar-refractivity contribution in [3.63, 3.8) is 0 Å². The Hall–Kier alpha value is -5.44. The summed E-state index contributed by atoms with van der Waals surface area (Å²) in [4.78, 5) is 53.8. The van der Waals surface area contributed by atoms with Gasteiger partial charge in [0.25, 0.3) is 17.7 Å². The van der Waals surface area contributed by atoms with E-state index in [1.54, 1.807) is 19.1 Å². The summed E-state index contributed by atoms with van der Waals surface area (Å²) in [5.41, 5.74) is 2.60. The number of ketones is 1. The molecule has 0 aromatic heterocycles. The highest BCUT2D eigenvalue weighted by molar-refractivity contribution is 7.86. The molecule has 0 heterocycles. The van der Waals surface area contributed by atoms with Gasteiger partial charge in [-0.15, -0.1) is 0 Å². The van der Waals surface area contributed by atoms with E-state index < -0.39 is 52.6 Å². The van der Waals surface area contributed by atoms with Crippen molar-refractivity contribution in [2.24, 2.45) is 0 Å². The molecule has 53 heavy (non-hydrogen) atoms. The van der Waals surface area contributed by atoms with Crippen molar-refractivity contribution in [1.82, 2.24) is 5.32 Å². The largest absolute Gasteiger partial charge is 0.495 e. The van der Waals surface area contributed by atoms with E-state index in [4.69, 9.17) is 25.8 Å². The van der Waals surface area contributed by atoms with Crippen molar-refractivity contribution < 1.29 is 42.7 Å². The highest BCUT2D eigenvalue weighted by Gasteiger charge is 2.32. The molecule has 0 aliphatic carbocycles. The number of Topliss-reactive ketones (excluding diaryl/α,β-unsaturated/α-hetero) is 1. The number of aliphatic hydroxyl groups is 1. The summed E-state index contributed by atoms with van der Waals surface area (Å²) in [5.74, 6) is -2.43. The van der Waals surface area contributed by atoms with Crippen LogP contribution in [0.15, 0.2) is 78.9 Å². The first kappa shape index (κ1) is 40.3. The number of hydrogen-bond donors (Lipinski definition) is 5. The maximum Gasteiger partial charge on any atom is 0.273 e. The lowest BCUT2D eigenvalue weighted by atomic mass is 10.0. The topological polar surface area (TPSA) is 181 Å². The third-order valence-corrected chi connectivity index (χ3v) is 8.76. The maximum absolute atomic E-state index is 14.1. The number of aryl methyl sites for hydroxylation is 2. The predicted octanol–water partition coefficient (Wildman–Crippen LogP) is 5.81. The monoisotopic (exact) mass is 764 g/mol. The van der Waals surface area contributed by atoms with Gasteiger partial charge in [0, 0.05) is 29.4 Å². The van der Waals surface area contributed by atoms with Gasteiger partial charge in [0.05, 0.1) is 23.5 Å². The van der Waals surface area contributed by atoms with E-state index in [0.717, 1.165) is 11.1 Å². The van der Waals surface area contributed by atoms with Crippen molar-refractivity contribution >= 4 is 63.2 Å². The Bertz CT molecular complexity index is 2010. The number of carbonyl (C=O) groups excluding carboxylic acids is 4. The van der Waals surface area contributed by atoms with E-state index in [1.807, 2.05) is 39.0 Å². The summed E-state index contributed by atoms with van der Waals surface area (Å²) in [7, 11) is -0.545. The van der Waals surface area contributed by atoms with Crippen LogP contribution in [-0.4, -0.2) is 64.6 Å². The Morgan fingerprint density at radius 1 is 0.830 bits per heavy atom. The van der Waals surface area contributed by atoms with Gasteiger partial charge in [0.1, 0.15) is 34.2 Å². The lowest BCUT2D eigenvalue weighted by molar-refractivity contribution is -0.123. The van der Waals surface area contributed by atoms with Gasteiger partial charge in [-0.05, 0) is 87.4 Å². The molecule has 4 rings (SSSR count). The number of nitrogens with one attached hydrogen (secondary N) is 4. The van der Waals surface area contributed by atoms with Gasteiger partial charge in [0.15, 0.2) is 6.10 Å². The van der Waals surface area contributed by atoms with Crippen LogP contribution in [0.25, 0.3) is 0 Å². The van der Waals surface area contributed by atoms with Crippen LogP contribution in [0, 0.1) is 13.8 Å². The Labute approximate surface area is 315 Å². The van der Waals surface area contributed by atoms with Gasteiger partial charge in [-0.1, -0.05) is 42.3 Å². The molecular weight excluding hydrogens is 724 g/mol. The quantitative estimate of drug-likeness (QED) is 0.0655. The van der Waals surface area contributed by atoms with Gasteiger partial charge in [-0.3, -0.25) is 23.9 Å². The number of carbonyl (C=O) groups is 4. The Balaban J connectivity index is 1.65. The molecule has 3 amide bonds. The molecule has 13 nitrogen and oxygen atoms in total. The maximum atomic E-state index is 14.1. The van der Waals surface area contributed by atoms with Gasteiger partial charge < -0.3 is 35.3 Å². The first-order chi connectivity index (χ1) is 25.4. The fourth-order valence-electron chi connectivity index (χ4n) is 5.11. The second-order valence-electron chi connectivity index (χ2n) is 11.7. The van der Waals surface area contributed by atoms with Crippen molar-refractivity contribution in [1.29, 1.82) is 0 Å². The SMILES string of the molecule is CCNC(=O)c1ccc(Cl)c(NC(=O)C(Oc2cccc(NC(=O)C(CC)Oc3ccc(C)cc3C)c2)C(=O)c2ccc(OC)c(NS(=O)CO)c2)c1. The zero-order valence-electron chi connectivity index (χ0n) is 29.8. The van der Waals surface area contributed by atoms with Crippen LogP contribution in [-0.2, 0) is 20.6 Å². The summed E-state index contributed by atoms with van der Waals surface area (Å²) in [6.07, 6.45) is -2.29. The fourth-order valence-corrected chi connectivity index (χ4v) is 5.74. The minimum atomic E-state index is -1.91. The van der Waals surface area contributed by atoms with E-state index in [2.05, 4.69) is 20.7 Å². The standard InChI is InChI=1S/C38H41ClN4O9S/c1-6-31(52-32-15-11-22(3)17-23(32)4)37(47)41-26-9-8-10-27(20-26)51-35(34(45)24-13-16-33(50-5)30(18-24)43-53(49)21-44)38(48)42-29-19-25(12-14-28(29)39)36(46)40-7-2/h8-20,31,35,43-44H,6-7,21H2,1-5H3,(H,40,46)(H,41,47)(H,42,48). The summed E-state index contributed by atoms with van der Waals surface area (Å²) in [6, 6.07) is 20.2. The lowest BCUT2D eigenvalue weighted by Gasteiger charge is -2.21. The molecule has 4 aromatic rings. The number of methoxy groups -OCH3 is 1. The molecule has 0 fully saturated rings. The average Bonchev–Trinajstić information content (AvgIpc) is 3.14. The van der Waals surface area contributed by atoms with Crippen LogP contribution in [0.3, 0.4) is 0 Å². The molecule has 0 saturated heterocycles. The van der Waals surface area contributed by atoms with Crippen molar-refractivity contribution in [2.75, 3.05) is 34.9 Å². The molecule has 15 heteroatoms. The molecule has 280 valence electrons. The van der Waals surface area contributed by atoms with Crippen molar-refractivity contribution in [2.45, 2.75) is 46.3 Å². The number of rotatable bonds is 17. The third-order valence-electron chi connectivity index (χ3n) is 7.74. The molecule has 0 aliphatic heterocycles. The summed E-state index contributed by atoms with van der Waals surface area (Å²) in [5, 5.41) is 17.5. The Morgan fingerprint density at radius 3 is 2.23 bits per heavy atom. The molecule has 3 atom stereocenters. The molecule has 0 spiro atoms. The number of anilines is 3. The number of hydrogen-bond acceptors (Lipinski definition) is 9. The van der Waals surface area contributed by atoms with Crippen LogP contribution in [0.4, 0.5) is 17.1 Å². The number of ether oxygens (including phenoxy) is 3. The van der Waals surface area contributed by atoms with Gasteiger partial charge in [0.2, 0.25) is 11.9 Å². The van der Waals surface area contributed by atoms with Crippen LogP contribution in [0.2, 0.25) is 5.02 Å². The third kappa shape index (κ3) is 10.8. The van der Waals surface area contributed by atoms with Crippen LogP contribution in [0.1, 0.15) is 52.1 Å². The fraction of sp³-hybridized carbons (Fsp3) is 0.263. The molecule has 0 aliphatic rings. The Morgan fingerprint density at radius 2 is 1.55 bits per heavy atom. The van der Waals surface area contributed by atoms with E-state index in [9.17, 15) is 28.5 Å². The van der Waals surface area contributed by atoms with Gasteiger partial charge in [-0.25, -0.2) is 4.21 Å². The summed E-state index contributed by atoms with van der Waals surface area (Å²) < 4.78 is 32.0. The van der Waals surface area contributed by atoms with Crippen molar-refractivity contribution in [3.05, 3.63) is 106 Å². The zero-order valence-corrected chi connectivity index (χ0v) is 31.4. The molecule has 3 unspecified atom stereocenters. The number of aliphatic hydroxyl groups excluding tert-OH is 1. The average molecular weight is 765 g/mol. The minimum absolute atomic E-state index is 0.0376. The second kappa shape index (κ2) is 18.9. The van der Waals surface area contributed by atoms with Gasteiger partial charge in [-0.2, -0.15) is 0 Å². The normalized spacial score (nSPS) is 12.4. The van der Waals surface area contributed by atoms with E-state index in [0.29, 0.717) is 24.4 Å². The number of benzene rings is 4. The minimum Gasteiger partial charge on any atom is -0.495 e. The molecule has 5 N–H and O–H groups in total. The highest BCUT2D eigenvalue weighted by Crippen LogP contribution is 2.29. The summed E-state index contributed by atoms with van der Waals surface area (Å²) in [6.45, 7) is 7.81.